The average molecular weight is 353 g/mol. The van der Waals surface area contributed by atoms with Gasteiger partial charge in [0.25, 0.3) is 5.91 Å². The van der Waals surface area contributed by atoms with Gasteiger partial charge in [0.05, 0.1) is 0 Å². The van der Waals surface area contributed by atoms with Gasteiger partial charge in [0, 0.05) is 34.1 Å². The van der Waals surface area contributed by atoms with E-state index >= 15 is 0 Å². The van der Waals surface area contributed by atoms with E-state index in [9.17, 15) is 9.59 Å². The number of amides is 2. The van der Waals surface area contributed by atoms with Crippen LogP contribution in [0.1, 0.15) is 16.8 Å². The number of nitrogens with one attached hydrogen (secondary N) is 2. The lowest BCUT2D eigenvalue weighted by Crippen LogP contribution is -2.27. The third kappa shape index (κ3) is 4.47. The summed E-state index contributed by atoms with van der Waals surface area (Å²) >= 11 is 4.80. The monoisotopic (exact) mass is 352 g/mol. The summed E-state index contributed by atoms with van der Waals surface area (Å²) in [5.74, 6) is -0.277. The van der Waals surface area contributed by atoms with Crippen molar-refractivity contribution < 1.29 is 9.59 Å². The van der Waals surface area contributed by atoms with E-state index in [0.29, 0.717) is 12.1 Å². The molecule has 0 aliphatic heterocycles. The lowest BCUT2D eigenvalue weighted by molar-refractivity contribution is -0.116. The van der Waals surface area contributed by atoms with Gasteiger partial charge >= 0.3 is 0 Å². The molecule has 0 bridgehead atoms. The number of carbonyl (C=O) groups is 2. The largest absolute Gasteiger partial charge is 0.351 e. The molecule has 2 rings (SSSR count). The molecule has 104 valence electrons. The summed E-state index contributed by atoms with van der Waals surface area (Å²) in [5, 5.41) is 9.10. The molecule has 0 aliphatic carbocycles. The zero-order valence-corrected chi connectivity index (χ0v) is 13.0. The number of rotatable bonds is 5. The molecule has 0 fully saturated rings. The van der Waals surface area contributed by atoms with Crippen LogP contribution < -0.4 is 10.6 Å². The van der Waals surface area contributed by atoms with E-state index in [-0.39, 0.29) is 18.2 Å². The molecule has 2 amide bonds. The van der Waals surface area contributed by atoms with E-state index in [1.165, 1.54) is 11.3 Å². The number of halogens is 1. The summed E-state index contributed by atoms with van der Waals surface area (Å²) < 4.78 is 0.957. The van der Waals surface area contributed by atoms with Gasteiger partial charge in [0.15, 0.2) is 0 Å². The quantitative estimate of drug-likeness (QED) is 0.867. The fourth-order valence-electron chi connectivity index (χ4n) is 1.54. The Balaban J connectivity index is 1.73. The molecule has 0 saturated heterocycles. The van der Waals surface area contributed by atoms with Gasteiger partial charge in [-0.15, -0.1) is 0 Å². The molecular weight excluding hydrogens is 340 g/mol. The van der Waals surface area contributed by atoms with Gasteiger partial charge in [-0.3, -0.25) is 9.59 Å². The summed E-state index contributed by atoms with van der Waals surface area (Å²) in [4.78, 5) is 23.3. The van der Waals surface area contributed by atoms with Crippen molar-refractivity contribution in [1.82, 2.24) is 5.32 Å². The Kier molecular flexibility index (Phi) is 5.31. The molecule has 1 aromatic heterocycles. The number of hydrogen-bond donors (Lipinski definition) is 2. The highest BCUT2D eigenvalue weighted by atomic mass is 79.9. The molecule has 1 aromatic carbocycles. The lowest BCUT2D eigenvalue weighted by Gasteiger charge is -2.06. The van der Waals surface area contributed by atoms with Crippen molar-refractivity contribution >= 4 is 44.8 Å². The standard InChI is InChI=1S/C14H13BrN2O2S/c15-11-1-3-12(4-2-11)17-13(18)5-7-16-14(19)10-6-8-20-9-10/h1-4,6,8-9H,5,7H2,(H,16,19)(H,17,18). The second-order valence-corrected chi connectivity index (χ2v) is 5.77. The van der Waals surface area contributed by atoms with E-state index in [4.69, 9.17) is 0 Å². The summed E-state index contributed by atoms with van der Waals surface area (Å²) in [5.41, 5.74) is 1.37. The van der Waals surface area contributed by atoms with E-state index in [1.807, 2.05) is 29.6 Å². The van der Waals surface area contributed by atoms with Crippen LogP contribution in [0.3, 0.4) is 0 Å². The van der Waals surface area contributed by atoms with Crippen molar-refractivity contribution in [3.8, 4) is 0 Å². The molecule has 0 radical (unpaired) electrons. The van der Waals surface area contributed by atoms with Gasteiger partial charge < -0.3 is 10.6 Å². The molecule has 0 atom stereocenters. The SMILES string of the molecule is O=C(CCNC(=O)c1ccsc1)Nc1ccc(Br)cc1. The second-order valence-electron chi connectivity index (χ2n) is 4.07. The molecule has 0 aliphatic rings. The lowest BCUT2D eigenvalue weighted by atomic mass is 10.3. The first-order valence-corrected chi connectivity index (χ1v) is 7.74. The van der Waals surface area contributed by atoms with Crippen molar-refractivity contribution in [1.29, 1.82) is 0 Å². The topological polar surface area (TPSA) is 58.2 Å². The van der Waals surface area contributed by atoms with Crippen molar-refractivity contribution in [3.63, 3.8) is 0 Å². The van der Waals surface area contributed by atoms with Gasteiger partial charge in [-0.05, 0) is 35.7 Å². The van der Waals surface area contributed by atoms with Crippen LogP contribution in [-0.4, -0.2) is 18.4 Å². The molecule has 0 spiro atoms. The predicted octanol–water partition coefficient (Wildman–Crippen LogP) is 3.27. The molecular formula is C14H13BrN2O2S. The highest BCUT2D eigenvalue weighted by Gasteiger charge is 2.07. The summed E-state index contributed by atoms with van der Waals surface area (Å²) in [6.07, 6.45) is 0.242. The van der Waals surface area contributed by atoms with Crippen molar-refractivity contribution in [2.24, 2.45) is 0 Å². The normalized spacial score (nSPS) is 10.1. The first-order valence-electron chi connectivity index (χ1n) is 6.01. The number of hydrogen-bond acceptors (Lipinski definition) is 3. The highest BCUT2D eigenvalue weighted by Crippen LogP contribution is 2.14. The van der Waals surface area contributed by atoms with Crippen molar-refractivity contribution in [2.75, 3.05) is 11.9 Å². The molecule has 2 N–H and O–H groups in total. The second kappa shape index (κ2) is 7.21. The zero-order valence-electron chi connectivity index (χ0n) is 10.6. The Bertz CT molecular complexity index is 582. The van der Waals surface area contributed by atoms with Crippen LogP contribution in [0.15, 0.2) is 45.6 Å². The van der Waals surface area contributed by atoms with E-state index in [0.717, 1.165) is 10.2 Å². The predicted molar refractivity (Wildman–Crippen MR) is 84.0 cm³/mol. The maximum absolute atomic E-state index is 11.7. The van der Waals surface area contributed by atoms with Crippen LogP contribution in [0.4, 0.5) is 5.69 Å². The van der Waals surface area contributed by atoms with Crippen LogP contribution in [0.25, 0.3) is 0 Å². The third-order valence-corrected chi connectivity index (χ3v) is 3.76. The molecule has 1 heterocycles. The Hall–Kier alpha value is -1.66. The first-order chi connectivity index (χ1) is 9.65. The van der Waals surface area contributed by atoms with Gasteiger partial charge in [0.1, 0.15) is 0 Å². The minimum atomic E-state index is -0.150. The molecule has 0 unspecified atom stereocenters. The van der Waals surface area contributed by atoms with E-state index in [2.05, 4.69) is 26.6 Å². The highest BCUT2D eigenvalue weighted by molar-refractivity contribution is 9.10. The van der Waals surface area contributed by atoms with Crippen molar-refractivity contribution in [2.45, 2.75) is 6.42 Å². The van der Waals surface area contributed by atoms with E-state index in [1.54, 1.807) is 11.4 Å². The third-order valence-electron chi connectivity index (χ3n) is 2.55. The average Bonchev–Trinajstić information content (AvgIpc) is 2.95. The zero-order chi connectivity index (χ0) is 14.4. The maximum atomic E-state index is 11.7. The minimum absolute atomic E-state index is 0.127. The van der Waals surface area contributed by atoms with Crippen LogP contribution in [0.2, 0.25) is 0 Å². The van der Waals surface area contributed by atoms with Crippen LogP contribution in [0, 0.1) is 0 Å². The number of carbonyl (C=O) groups excluding carboxylic acids is 2. The molecule has 4 nitrogen and oxygen atoms in total. The number of benzene rings is 1. The number of thiophene rings is 1. The molecule has 2 aromatic rings. The van der Waals surface area contributed by atoms with Gasteiger partial charge in [-0.1, -0.05) is 15.9 Å². The van der Waals surface area contributed by atoms with Gasteiger partial charge in [0.2, 0.25) is 5.91 Å². The number of anilines is 1. The first kappa shape index (κ1) is 14.7. The maximum Gasteiger partial charge on any atom is 0.252 e. The Morgan fingerprint density at radius 1 is 1.15 bits per heavy atom. The fraction of sp³-hybridized carbons (Fsp3) is 0.143. The minimum Gasteiger partial charge on any atom is -0.351 e. The van der Waals surface area contributed by atoms with Crippen LogP contribution in [-0.2, 0) is 4.79 Å². The molecule has 6 heteroatoms. The molecule has 20 heavy (non-hydrogen) atoms. The summed E-state index contributed by atoms with van der Waals surface area (Å²) in [6, 6.07) is 9.08. The van der Waals surface area contributed by atoms with E-state index < -0.39 is 0 Å². The Morgan fingerprint density at radius 3 is 2.55 bits per heavy atom. The fourth-order valence-corrected chi connectivity index (χ4v) is 2.44. The Labute approximate surface area is 129 Å². The smallest absolute Gasteiger partial charge is 0.252 e. The summed E-state index contributed by atoms with van der Waals surface area (Å²) in [7, 11) is 0. The summed E-state index contributed by atoms with van der Waals surface area (Å²) in [6.45, 7) is 0.317. The van der Waals surface area contributed by atoms with Crippen molar-refractivity contribution in [3.05, 3.63) is 51.1 Å². The van der Waals surface area contributed by atoms with Crippen LogP contribution >= 0.6 is 27.3 Å². The van der Waals surface area contributed by atoms with Gasteiger partial charge in [-0.25, -0.2) is 0 Å². The van der Waals surface area contributed by atoms with Gasteiger partial charge in [-0.2, -0.15) is 11.3 Å². The Morgan fingerprint density at radius 2 is 1.90 bits per heavy atom. The van der Waals surface area contributed by atoms with Crippen LogP contribution in [0.5, 0.6) is 0 Å². The molecule has 0 saturated carbocycles.